The largest absolute Gasteiger partial charge is 0.0654 e. The van der Waals surface area contributed by atoms with Crippen molar-refractivity contribution >= 4 is 0 Å². The van der Waals surface area contributed by atoms with Crippen LogP contribution in [0.1, 0.15) is 117 Å². The van der Waals surface area contributed by atoms with Crippen molar-refractivity contribution in [2.75, 3.05) is 0 Å². The molecule has 0 aliphatic heterocycles. The second-order valence-corrected chi connectivity index (χ2v) is 6.69. The van der Waals surface area contributed by atoms with E-state index in [9.17, 15) is 0 Å². The first-order valence-corrected chi connectivity index (χ1v) is 9.64. The van der Waals surface area contributed by atoms with Crippen molar-refractivity contribution in [2.45, 2.75) is 117 Å². The monoisotopic (exact) mass is 281 g/mol. The van der Waals surface area contributed by atoms with E-state index >= 15 is 0 Å². The molecule has 1 radical (unpaired) electrons. The van der Waals surface area contributed by atoms with Gasteiger partial charge in [0.15, 0.2) is 0 Å². The molecule has 0 aliphatic rings. The van der Waals surface area contributed by atoms with Crippen LogP contribution in [0.2, 0.25) is 0 Å². The average Bonchev–Trinajstić information content (AvgIpc) is 2.45. The second-order valence-electron chi connectivity index (χ2n) is 6.69. The van der Waals surface area contributed by atoms with Gasteiger partial charge < -0.3 is 0 Å². The molecule has 0 fully saturated rings. The van der Waals surface area contributed by atoms with Crippen molar-refractivity contribution in [1.29, 1.82) is 0 Å². The van der Waals surface area contributed by atoms with Gasteiger partial charge in [-0.05, 0) is 5.92 Å². The average molecular weight is 282 g/mol. The molecule has 0 rings (SSSR count). The number of rotatable bonds is 16. The highest BCUT2D eigenvalue weighted by Crippen LogP contribution is 2.18. The maximum absolute atomic E-state index is 4.32. The van der Waals surface area contributed by atoms with Crippen LogP contribution in [-0.2, 0) is 0 Å². The molecule has 0 heterocycles. The molecule has 0 nitrogen and oxygen atoms in total. The van der Waals surface area contributed by atoms with Crippen LogP contribution in [0, 0.1) is 12.8 Å². The lowest BCUT2D eigenvalue weighted by molar-refractivity contribution is 0.462. The van der Waals surface area contributed by atoms with E-state index in [-0.39, 0.29) is 0 Å². The molecule has 0 heteroatoms. The summed E-state index contributed by atoms with van der Waals surface area (Å²) >= 11 is 0. The summed E-state index contributed by atoms with van der Waals surface area (Å²) in [6, 6.07) is 0. The van der Waals surface area contributed by atoms with Crippen LogP contribution in [0.15, 0.2) is 0 Å². The van der Waals surface area contributed by atoms with E-state index < -0.39 is 0 Å². The smallest absolute Gasteiger partial charge is 0.0414 e. The summed E-state index contributed by atoms with van der Waals surface area (Å²) in [5, 5.41) is 0. The van der Waals surface area contributed by atoms with Crippen LogP contribution >= 0.6 is 0 Å². The molecule has 0 saturated carbocycles. The quantitative estimate of drug-likeness (QED) is 0.254. The maximum Gasteiger partial charge on any atom is -0.0414 e. The molecule has 0 saturated heterocycles. The minimum absolute atomic E-state index is 0.723. The third-order valence-electron chi connectivity index (χ3n) is 4.43. The Balaban J connectivity index is 3.09. The van der Waals surface area contributed by atoms with E-state index in [1.807, 2.05) is 0 Å². The van der Waals surface area contributed by atoms with Crippen LogP contribution in [-0.4, -0.2) is 0 Å². The van der Waals surface area contributed by atoms with Crippen LogP contribution in [0.4, 0.5) is 0 Å². The fraction of sp³-hybridized carbons (Fsp3) is 0.950. The zero-order chi connectivity index (χ0) is 14.9. The SMILES string of the molecule is [CH2]C(CCCCCCC)CCCCCCCCCCC. The van der Waals surface area contributed by atoms with E-state index in [1.165, 1.54) is 103 Å². The standard InChI is InChI=1S/C20H41/c1-4-6-8-10-11-12-13-15-17-19-20(3)18-16-14-9-7-5-2/h20H,3-19H2,1-2H3. The predicted molar refractivity (Wildman–Crippen MR) is 94.1 cm³/mol. The summed E-state index contributed by atoms with van der Waals surface area (Å²) in [6.45, 7) is 8.90. The predicted octanol–water partition coefficient (Wildman–Crippen LogP) is 7.72. The topological polar surface area (TPSA) is 0 Å². The van der Waals surface area contributed by atoms with Crippen molar-refractivity contribution in [3.63, 3.8) is 0 Å². The first-order chi connectivity index (χ1) is 9.81. The van der Waals surface area contributed by atoms with E-state index in [1.54, 1.807) is 0 Å². The summed E-state index contributed by atoms with van der Waals surface area (Å²) in [6.07, 6.45) is 22.7. The fourth-order valence-corrected chi connectivity index (χ4v) is 2.92. The molecule has 0 spiro atoms. The van der Waals surface area contributed by atoms with Gasteiger partial charge in [-0.15, -0.1) is 0 Å². The van der Waals surface area contributed by atoms with Crippen LogP contribution in [0.25, 0.3) is 0 Å². The first kappa shape index (κ1) is 20.0. The van der Waals surface area contributed by atoms with Crippen molar-refractivity contribution in [1.82, 2.24) is 0 Å². The van der Waals surface area contributed by atoms with Gasteiger partial charge in [0.05, 0.1) is 0 Å². The van der Waals surface area contributed by atoms with Crippen molar-refractivity contribution in [3.05, 3.63) is 6.92 Å². The highest BCUT2D eigenvalue weighted by Gasteiger charge is 2.02. The zero-order valence-corrected chi connectivity index (χ0v) is 14.6. The highest BCUT2D eigenvalue weighted by atomic mass is 14.1. The van der Waals surface area contributed by atoms with Gasteiger partial charge >= 0.3 is 0 Å². The molecule has 0 aliphatic carbocycles. The van der Waals surface area contributed by atoms with Gasteiger partial charge in [-0.25, -0.2) is 0 Å². The van der Waals surface area contributed by atoms with Gasteiger partial charge in [0.2, 0.25) is 0 Å². The summed E-state index contributed by atoms with van der Waals surface area (Å²) in [4.78, 5) is 0. The summed E-state index contributed by atoms with van der Waals surface area (Å²) in [5.41, 5.74) is 0. The molecule has 1 unspecified atom stereocenters. The van der Waals surface area contributed by atoms with Crippen molar-refractivity contribution in [3.8, 4) is 0 Å². The fourth-order valence-electron chi connectivity index (χ4n) is 2.92. The molecular formula is C20H41. The Morgan fingerprint density at radius 3 is 1.15 bits per heavy atom. The Morgan fingerprint density at radius 1 is 0.500 bits per heavy atom. The molecule has 0 N–H and O–H groups in total. The second kappa shape index (κ2) is 17.1. The van der Waals surface area contributed by atoms with Crippen LogP contribution < -0.4 is 0 Å². The molecular weight excluding hydrogens is 240 g/mol. The molecule has 0 amide bonds. The molecule has 0 aromatic carbocycles. The summed E-state index contributed by atoms with van der Waals surface area (Å²) in [7, 11) is 0. The lowest BCUT2D eigenvalue weighted by atomic mass is 9.96. The van der Waals surface area contributed by atoms with Gasteiger partial charge in [0, 0.05) is 0 Å². The van der Waals surface area contributed by atoms with Gasteiger partial charge in [0.25, 0.3) is 0 Å². The van der Waals surface area contributed by atoms with E-state index in [4.69, 9.17) is 0 Å². The minimum atomic E-state index is 0.723. The lowest BCUT2D eigenvalue weighted by Gasteiger charge is -2.10. The van der Waals surface area contributed by atoms with Gasteiger partial charge in [-0.2, -0.15) is 0 Å². The molecule has 121 valence electrons. The molecule has 1 atom stereocenters. The van der Waals surface area contributed by atoms with Crippen molar-refractivity contribution in [2.24, 2.45) is 5.92 Å². The van der Waals surface area contributed by atoms with Gasteiger partial charge in [-0.3, -0.25) is 0 Å². The Labute approximate surface area is 130 Å². The van der Waals surface area contributed by atoms with Crippen LogP contribution in [0.3, 0.4) is 0 Å². The number of unbranched alkanes of at least 4 members (excludes halogenated alkanes) is 12. The van der Waals surface area contributed by atoms with Crippen LogP contribution in [0.5, 0.6) is 0 Å². The third-order valence-corrected chi connectivity index (χ3v) is 4.43. The third kappa shape index (κ3) is 16.1. The number of hydrogen-bond acceptors (Lipinski definition) is 0. The van der Waals surface area contributed by atoms with Gasteiger partial charge in [0.1, 0.15) is 0 Å². The Hall–Kier alpha value is 0. The van der Waals surface area contributed by atoms with Gasteiger partial charge in [-0.1, -0.05) is 124 Å². The van der Waals surface area contributed by atoms with E-state index in [2.05, 4.69) is 20.8 Å². The lowest BCUT2D eigenvalue weighted by Crippen LogP contribution is -1.95. The van der Waals surface area contributed by atoms with E-state index in [0.29, 0.717) is 0 Å². The molecule has 0 bridgehead atoms. The molecule has 20 heavy (non-hydrogen) atoms. The maximum atomic E-state index is 4.32. The Kier molecular flexibility index (Phi) is 17.1. The highest BCUT2D eigenvalue weighted by molar-refractivity contribution is 4.62. The zero-order valence-electron chi connectivity index (χ0n) is 14.6. The minimum Gasteiger partial charge on any atom is -0.0654 e. The molecule has 0 aromatic rings. The van der Waals surface area contributed by atoms with E-state index in [0.717, 1.165) is 5.92 Å². The number of hydrogen-bond donors (Lipinski definition) is 0. The Bertz CT molecular complexity index is 161. The molecule has 0 aromatic heterocycles. The normalized spacial score (nSPS) is 12.8. The first-order valence-electron chi connectivity index (χ1n) is 9.64. The summed E-state index contributed by atoms with van der Waals surface area (Å²) in [5.74, 6) is 0.723. The summed E-state index contributed by atoms with van der Waals surface area (Å²) < 4.78 is 0. The Morgan fingerprint density at radius 2 is 0.800 bits per heavy atom. The van der Waals surface area contributed by atoms with Crippen molar-refractivity contribution < 1.29 is 0 Å².